The molecule has 18 heavy (non-hydrogen) atoms. The van der Waals surface area contributed by atoms with Crippen molar-refractivity contribution in [1.82, 2.24) is 0 Å². The van der Waals surface area contributed by atoms with Gasteiger partial charge in [0.25, 0.3) is 0 Å². The highest BCUT2D eigenvalue weighted by Gasteiger charge is 2.32. The molecule has 0 saturated carbocycles. The first kappa shape index (κ1) is 13.4. The summed E-state index contributed by atoms with van der Waals surface area (Å²) in [6, 6.07) is 7.50. The molecule has 1 unspecified atom stereocenters. The van der Waals surface area contributed by atoms with Gasteiger partial charge in [-0.25, -0.2) is 8.42 Å². The van der Waals surface area contributed by atoms with E-state index in [2.05, 4.69) is 5.32 Å². The van der Waals surface area contributed by atoms with Crippen molar-refractivity contribution < 1.29 is 13.2 Å². The minimum atomic E-state index is -3.01. The summed E-state index contributed by atoms with van der Waals surface area (Å²) in [5, 5.41) is 2.76. The van der Waals surface area contributed by atoms with Crippen LogP contribution in [0.4, 0.5) is 5.69 Å². The molecule has 1 fully saturated rings. The maximum Gasteiger partial charge on any atom is 0.228 e. The van der Waals surface area contributed by atoms with Crippen molar-refractivity contribution in [2.45, 2.75) is 11.3 Å². The molecular formula is C12H15NO3S2. The Morgan fingerprint density at radius 1 is 1.33 bits per heavy atom. The highest BCUT2D eigenvalue weighted by Crippen LogP contribution is 2.22. The molecule has 6 heteroatoms. The Labute approximate surface area is 111 Å². The highest BCUT2D eigenvalue weighted by atomic mass is 32.2. The van der Waals surface area contributed by atoms with Gasteiger partial charge >= 0.3 is 0 Å². The highest BCUT2D eigenvalue weighted by molar-refractivity contribution is 7.98. The number of amides is 1. The standard InChI is InChI=1S/C12H15NO3S2/c1-17-11-4-2-10(3-5-11)13-12(14)9-6-7-18(15,16)8-9/h2-5,9H,6-8H2,1H3,(H,13,14). The summed E-state index contributed by atoms with van der Waals surface area (Å²) in [6.45, 7) is 0. The van der Waals surface area contributed by atoms with Crippen molar-refractivity contribution in [2.75, 3.05) is 23.1 Å². The van der Waals surface area contributed by atoms with E-state index in [0.717, 1.165) is 4.90 Å². The summed E-state index contributed by atoms with van der Waals surface area (Å²) in [4.78, 5) is 13.0. The Kier molecular flexibility index (Phi) is 3.97. The molecule has 1 aliphatic rings. The quantitative estimate of drug-likeness (QED) is 0.860. The SMILES string of the molecule is CSc1ccc(NC(=O)C2CCS(=O)(=O)C2)cc1. The number of benzene rings is 1. The molecule has 1 atom stereocenters. The molecule has 98 valence electrons. The van der Waals surface area contributed by atoms with Gasteiger partial charge in [0.1, 0.15) is 0 Å². The number of sulfone groups is 1. The van der Waals surface area contributed by atoms with Gasteiger partial charge in [-0.2, -0.15) is 0 Å². The Morgan fingerprint density at radius 2 is 2.00 bits per heavy atom. The fourth-order valence-corrected chi connectivity index (χ4v) is 4.07. The Balaban J connectivity index is 1.99. The fraction of sp³-hybridized carbons (Fsp3) is 0.417. The van der Waals surface area contributed by atoms with Crippen LogP contribution in [0.2, 0.25) is 0 Å². The maximum atomic E-state index is 11.9. The van der Waals surface area contributed by atoms with E-state index in [1.165, 1.54) is 0 Å². The normalized spacial score (nSPS) is 21.7. The van der Waals surface area contributed by atoms with E-state index in [-0.39, 0.29) is 17.4 Å². The third kappa shape index (κ3) is 3.26. The van der Waals surface area contributed by atoms with Gasteiger partial charge in [-0.3, -0.25) is 4.79 Å². The van der Waals surface area contributed by atoms with Crippen LogP contribution in [-0.4, -0.2) is 32.1 Å². The van der Waals surface area contributed by atoms with Crippen LogP contribution in [0, 0.1) is 5.92 Å². The zero-order valence-corrected chi connectivity index (χ0v) is 11.7. The van der Waals surface area contributed by atoms with E-state index in [1.807, 2.05) is 30.5 Å². The van der Waals surface area contributed by atoms with Crippen molar-refractivity contribution in [3.8, 4) is 0 Å². The van der Waals surface area contributed by atoms with Crippen molar-refractivity contribution in [3.05, 3.63) is 24.3 Å². The molecule has 0 aliphatic carbocycles. The van der Waals surface area contributed by atoms with Crippen LogP contribution in [0.5, 0.6) is 0 Å². The van der Waals surface area contributed by atoms with Gasteiger partial charge in [0.15, 0.2) is 9.84 Å². The van der Waals surface area contributed by atoms with E-state index in [0.29, 0.717) is 12.1 Å². The fourth-order valence-electron chi connectivity index (χ4n) is 1.92. The molecule has 2 rings (SSSR count). The molecule has 0 spiro atoms. The first-order valence-corrected chi connectivity index (χ1v) is 8.70. The van der Waals surface area contributed by atoms with E-state index >= 15 is 0 Å². The molecule has 1 aromatic rings. The van der Waals surface area contributed by atoms with Crippen LogP contribution in [0.15, 0.2) is 29.2 Å². The summed E-state index contributed by atoms with van der Waals surface area (Å²) in [5.74, 6) is -0.513. The summed E-state index contributed by atoms with van der Waals surface area (Å²) >= 11 is 1.63. The van der Waals surface area contributed by atoms with Crippen LogP contribution in [-0.2, 0) is 14.6 Å². The first-order valence-electron chi connectivity index (χ1n) is 5.65. The maximum absolute atomic E-state index is 11.9. The lowest BCUT2D eigenvalue weighted by molar-refractivity contribution is -0.119. The number of carbonyl (C=O) groups is 1. The van der Waals surface area contributed by atoms with Crippen LogP contribution in [0.25, 0.3) is 0 Å². The van der Waals surface area contributed by atoms with Crippen LogP contribution in [0.1, 0.15) is 6.42 Å². The van der Waals surface area contributed by atoms with Gasteiger partial charge in [-0.15, -0.1) is 11.8 Å². The molecule has 1 saturated heterocycles. The molecule has 0 aromatic heterocycles. The summed E-state index contributed by atoms with van der Waals surface area (Å²) in [6.07, 6.45) is 2.41. The summed E-state index contributed by atoms with van der Waals surface area (Å²) in [5.41, 5.74) is 0.710. The van der Waals surface area contributed by atoms with E-state index in [9.17, 15) is 13.2 Å². The van der Waals surface area contributed by atoms with E-state index in [1.54, 1.807) is 11.8 Å². The number of hydrogen-bond donors (Lipinski definition) is 1. The Bertz CT molecular complexity index is 537. The van der Waals surface area contributed by atoms with Crippen molar-refractivity contribution in [3.63, 3.8) is 0 Å². The molecular weight excluding hydrogens is 270 g/mol. The van der Waals surface area contributed by atoms with Crippen LogP contribution in [0.3, 0.4) is 0 Å². The van der Waals surface area contributed by atoms with Crippen molar-refractivity contribution in [2.24, 2.45) is 5.92 Å². The number of hydrogen-bond acceptors (Lipinski definition) is 4. The van der Waals surface area contributed by atoms with E-state index < -0.39 is 15.8 Å². The molecule has 1 aliphatic heterocycles. The van der Waals surface area contributed by atoms with Crippen LogP contribution >= 0.6 is 11.8 Å². The monoisotopic (exact) mass is 285 g/mol. The lowest BCUT2D eigenvalue weighted by atomic mass is 10.1. The van der Waals surface area contributed by atoms with Gasteiger partial charge in [-0.05, 0) is 36.9 Å². The molecule has 1 aromatic carbocycles. The minimum absolute atomic E-state index is 0.0261. The molecule has 4 nitrogen and oxygen atoms in total. The summed E-state index contributed by atoms with van der Waals surface area (Å²) in [7, 11) is -3.01. The lowest BCUT2D eigenvalue weighted by Gasteiger charge is -2.09. The third-order valence-corrected chi connectivity index (χ3v) is 5.47. The molecule has 1 heterocycles. The molecule has 0 radical (unpaired) electrons. The van der Waals surface area contributed by atoms with Gasteiger partial charge in [0, 0.05) is 10.6 Å². The van der Waals surface area contributed by atoms with Crippen molar-refractivity contribution in [1.29, 1.82) is 0 Å². The van der Waals surface area contributed by atoms with E-state index in [4.69, 9.17) is 0 Å². The molecule has 0 bridgehead atoms. The zero-order valence-electron chi connectivity index (χ0n) is 10.0. The zero-order chi connectivity index (χ0) is 13.2. The largest absolute Gasteiger partial charge is 0.326 e. The molecule has 1 amide bonds. The smallest absolute Gasteiger partial charge is 0.228 e. The molecule has 1 N–H and O–H groups in total. The second kappa shape index (κ2) is 5.32. The number of carbonyl (C=O) groups excluding carboxylic acids is 1. The summed E-state index contributed by atoms with van der Waals surface area (Å²) < 4.78 is 22.6. The van der Waals surface area contributed by atoms with Crippen molar-refractivity contribution >= 4 is 33.2 Å². The number of rotatable bonds is 3. The number of thioether (sulfide) groups is 1. The third-order valence-electron chi connectivity index (χ3n) is 2.96. The van der Waals surface area contributed by atoms with Gasteiger partial charge in [0.2, 0.25) is 5.91 Å². The predicted octanol–water partition coefficient (Wildman–Crippen LogP) is 1.78. The van der Waals surface area contributed by atoms with Gasteiger partial charge in [0.05, 0.1) is 17.4 Å². The van der Waals surface area contributed by atoms with Gasteiger partial charge < -0.3 is 5.32 Å². The predicted molar refractivity (Wildman–Crippen MR) is 73.6 cm³/mol. The number of nitrogens with one attached hydrogen (secondary N) is 1. The first-order chi connectivity index (χ1) is 8.50. The topological polar surface area (TPSA) is 63.2 Å². The second-order valence-corrected chi connectivity index (χ2v) is 7.43. The van der Waals surface area contributed by atoms with Crippen LogP contribution < -0.4 is 5.32 Å². The lowest BCUT2D eigenvalue weighted by Crippen LogP contribution is -2.23. The Morgan fingerprint density at radius 3 is 2.50 bits per heavy atom. The number of anilines is 1. The Hall–Kier alpha value is -1.01. The second-order valence-electron chi connectivity index (χ2n) is 4.32. The average molecular weight is 285 g/mol. The van der Waals surface area contributed by atoms with Gasteiger partial charge in [-0.1, -0.05) is 0 Å². The minimum Gasteiger partial charge on any atom is -0.326 e. The average Bonchev–Trinajstić information content (AvgIpc) is 2.71.